The topological polar surface area (TPSA) is 83.6 Å². The average molecular weight is 265 g/mol. The number of hydrogen-bond acceptors (Lipinski definition) is 4. The number of rotatable bonds is 3. The first-order valence-electron chi connectivity index (χ1n) is 6.00. The van der Waals surface area contributed by atoms with E-state index >= 15 is 0 Å². The van der Waals surface area contributed by atoms with Crippen molar-refractivity contribution >= 4 is 11.6 Å². The Labute approximate surface area is 114 Å². The van der Waals surface area contributed by atoms with Crippen LogP contribution in [0.5, 0.6) is 0 Å². The number of nitrogens with zero attached hydrogens (tertiary/aromatic N) is 3. The monoisotopic (exact) mass is 265 g/mol. The van der Waals surface area contributed by atoms with Gasteiger partial charge in [-0.25, -0.2) is 4.98 Å². The Morgan fingerprint density at radius 2 is 2.10 bits per heavy atom. The molecule has 3 rings (SSSR count). The van der Waals surface area contributed by atoms with Gasteiger partial charge in [0.2, 0.25) is 0 Å². The zero-order valence-electron chi connectivity index (χ0n) is 10.4. The number of carbonyl (C=O) groups excluding carboxylic acids is 1. The van der Waals surface area contributed by atoms with Gasteiger partial charge < -0.3 is 5.32 Å². The minimum absolute atomic E-state index is 0.277. The first kappa shape index (κ1) is 12.0. The van der Waals surface area contributed by atoms with Crippen molar-refractivity contribution in [3.63, 3.8) is 0 Å². The van der Waals surface area contributed by atoms with E-state index in [0.29, 0.717) is 5.69 Å². The van der Waals surface area contributed by atoms with Crippen molar-refractivity contribution in [2.75, 3.05) is 5.32 Å². The molecule has 6 nitrogen and oxygen atoms in total. The molecule has 0 aliphatic carbocycles. The summed E-state index contributed by atoms with van der Waals surface area (Å²) in [5.74, 6) is -0.292. The number of aromatic nitrogens is 4. The highest BCUT2D eigenvalue weighted by Crippen LogP contribution is 2.20. The third kappa shape index (κ3) is 2.54. The molecule has 6 heteroatoms. The molecule has 20 heavy (non-hydrogen) atoms. The molecule has 0 unspecified atom stereocenters. The normalized spacial score (nSPS) is 10.2. The van der Waals surface area contributed by atoms with Crippen LogP contribution >= 0.6 is 0 Å². The number of nitrogens with one attached hydrogen (secondary N) is 2. The van der Waals surface area contributed by atoms with Crippen molar-refractivity contribution < 1.29 is 4.79 Å². The van der Waals surface area contributed by atoms with E-state index in [9.17, 15) is 4.79 Å². The summed E-state index contributed by atoms with van der Waals surface area (Å²) in [6.07, 6.45) is 6.11. The summed E-state index contributed by atoms with van der Waals surface area (Å²) >= 11 is 0. The van der Waals surface area contributed by atoms with E-state index in [2.05, 4.69) is 25.5 Å². The second-order valence-corrected chi connectivity index (χ2v) is 4.10. The Hall–Kier alpha value is -3.02. The minimum atomic E-state index is -0.292. The molecule has 0 aliphatic rings. The summed E-state index contributed by atoms with van der Waals surface area (Å²) in [6, 6.07) is 9.34. The predicted molar refractivity (Wildman–Crippen MR) is 74.0 cm³/mol. The average Bonchev–Trinajstić information content (AvgIpc) is 3.03. The Morgan fingerprint density at radius 1 is 1.15 bits per heavy atom. The van der Waals surface area contributed by atoms with Gasteiger partial charge in [0.25, 0.3) is 5.91 Å². The molecule has 0 aliphatic heterocycles. The summed E-state index contributed by atoms with van der Waals surface area (Å²) in [4.78, 5) is 19.8. The Balaban J connectivity index is 1.82. The van der Waals surface area contributed by atoms with Gasteiger partial charge in [-0.2, -0.15) is 5.10 Å². The molecule has 0 spiro atoms. The molecule has 1 amide bonds. The molecule has 0 saturated carbocycles. The zero-order valence-corrected chi connectivity index (χ0v) is 10.4. The molecule has 98 valence electrons. The van der Waals surface area contributed by atoms with Gasteiger partial charge >= 0.3 is 0 Å². The molecule has 0 radical (unpaired) electrons. The number of hydrogen-bond donors (Lipinski definition) is 2. The maximum Gasteiger partial charge on any atom is 0.275 e. The maximum atomic E-state index is 12.0. The highest BCUT2D eigenvalue weighted by molar-refractivity contribution is 6.02. The molecule has 2 heterocycles. The van der Waals surface area contributed by atoms with E-state index in [0.717, 1.165) is 11.3 Å². The smallest absolute Gasteiger partial charge is 0.275 e. The van der Waals surface area contributed by atoms with Crippen LogP contribution in [0.4, 0.5) is 5.69 Å². The Morgan fingerprint density at radius 3 is 2.85 bits per heavy atom. The number of aromatic amines is 1. The van der Waals surface area contributed by atoms with Gasteiger partial charge in [0, 0.05) is 29.8 Å². The van der Waals surface area contributed by atoms with E-state index in [1.165, 1.54) is 18.6 Å². The van der Waals surface area contributed by atoms with E-state index < -0.39 is 0 Å². The lowest BCUT2D eigenvalue weighted by Gasteiger charge is -2.06. The summed E-state index contributed by atoms with van der Waals surface area (Å²) in [5.41, 5.74) is 2.80. The van der Waals surface area contributed by atoms with Crippen LogP contribution in [-0.4, -0.2) is 26.1 Å². The molecule has 2 N–H and O–H groups in total. The summed E-state index contributed by atoms with van der Waals surface area (Å²) < 4.78 is 0. The van der Waals surface area contributed by atoms with Gasteiger partial charge in [-0.15, -0.1) is 0 Å². The van der Waals surface area contributed by atoms with Crippen LogP contribution in [0.1, 0.15) is 10.5 Å². The van der Waals surface area contributed by atoms with Gasteiger partial charge in [-0.05, 0) is 18.2 Å². The van der Waals surface area contributed by atoms with Gasteiger partial charge in [-0.3, -0.25) is 14.9 Å². The van der Waals surface area contributed by atoms with Crippen LogP contribution in [0.2, 0.25) is 0 Å². The molecule has 2 aromatic heterocycles. The number of anilines is 1. The lowest BCUT2D eigenvalue weighted by Crippen LogP contribution is -2.13. The highest BCUT2D eigenvalue weighted by atomic mass is 16.1. The summed E-state index contributed by atoms with van der Waals surface area (Å²) in [6.45, 7) is 0. The van der Waals surface area contributed by atoms with Crippen molar-refractivity contribution in [3.05, 3.63) is 60.8 Å². The third-order valence-corrected chi connectivity index (χ3v) is 2.73. The van der Waals surface area contributed by atoms with Crippen molar-refractivity contribution in [2.45, 2.75) is 0 Å². The quantitative estimate of drug-likeness (QED) is 0.759. The van der Waals surface area contributed by atoms with Crippen LogP contribution in [0, 0.1) is 0 Å². The van der Waals surface area contributed by atoms with E-state index in [-0.39, 0.29) is 11.6 Å². The van der Waals surface area contributed by atoms with E-state index in [4.69, 9.17) is 0 Å². The van der Waals surface area contributed by atoms with Crippen LogP contribution in [-0.2, 0) is 0 Å². The van der Waals surface area contributed by atoms with Crippen molar-refractivity contribution in [1.82, 2.24) is 20.2 Å². The maximum absolute atomic E-state index is 12.0. The fraction of sp³-hybridized carbons (Fsp3) is 0. The highest BCUT2D eigenvalue weighted by Gasteiger charge is 2.08. The Kier molecular flexibility index (Phi) is 3.20. The van der Waals surface area contributed by atoms with Gasteiger partial charge in [0.15, 0.2) is 0 Å². The second kappa shape index (κ2) is 5.31. The molecule has 3 aromatic rings. The van der Waals surface area contributed by atoms with Crippen LogP contribution in [0.3, 0.4) is 0 Å². The van der Waals surface area contributed by atoms with Gasteiger partial charge in [0.05, 0.1) is 11.9 Å². The number of H-pyrrole nitrogens is 1. The molecular formula is C14H11N5O. The lowest BCUT2D eigenvalue weighted by molar-refractivity contribution is 0.102. The largest absolute Gasteiger partial charge is 0.321 e. The third-order valence-electron chi connectivity index (χ3n) is 2.73. The SMILES string of the molecule is O=C(Nc1cccc(-c2ccn[nH]2)c1)c1cnccn1. The van der Waals surface area contributed by atoms with E-state index in [1.54, 1.807) is 6.20 Å². The molecule has 0 saturated heterocycles. The zero-order chi connectivity index (χ0) is 13.8. The first-order chi connectivity index (χ1) is 9.83. The number of benzene rings is 1. The van der Waals surface area contributed by atoms with Crippen LogP contribution in [0.25, 0.3) is 11.3 Å². The van der Waals surface area contributed by atoms with Crippen molar-refractivity contribution in [1.29, 1.82) is 0 Å². The number of carbonyl (C=O) groups is 1. The molecular weight excluding hydrogens is 254 g/mol. The molecule has 1 aromatic carbocycles. The first-order valence-corrected chi connectivity index (χ1v) is 6.00. The second-order valence-electron chi connectivity index (χ2n) is 4.10. The van der Waals surface area contributed by atoms with Crippen molar-refractivity contribution in [3.8, 4) is 11.3 Å². The van der Waals surface area contributed by atoms with E-state index in [1.807, 2.05) is 30.3 Å². The van der Waals surface area contributed by atoms with Crippen LogP contribution in [0.15, 0.2) is 55.1 Å². The number of amides is 1. The fourth-order valence-corrected chi connectivity index (χ4v) is 1.79. The standard InChI is InChI=1S/C14H11N5O/c20-14(13-9-15-6-7-16-13)18-11-3-1-2-10(8-11)12-4-5-17-19-12/h1-9H,(H,17,19)(H,18,20). The molecule has 0 fully saturated rings. The van der Waals surface area contributed by atoms with Crippen molar-refractivity contribution in [2.24, 2.45) is 0 Å². The lowest BCUT2D eigenvalue weighted by atomic mass is 10.1. The molecule has 0 bridgehead atoms. The van der Waals surface area contributed by atoms with Crippen LogP contribution < -0.4 is 5.32 Å². The molecule has 0 atom stereocenters. The summed E-state index contributed by atoms with van der Waals surface area (Å²) in [5, 5.41) is 9.57. The predicted octanol–water partition coefficient (Wildman–Crippen LogP) is 2.12. The Bertz CT molecular complexity index is 709. The van der Waals surface area contributed by atoms with Gasteiger partial charge in [0.1, 0.15) is 5.69 Å². The van der Waals surface area contributed by atoms with Gasteiger partial charge in [-0.1, -0.05) is 12.1 Å². The minimum Gasteiger partial charge on any atom is -0.321 e. The summed E-state index contributed by atoms with van der Waals surface area (Å²) in [7, 11) is 0. The fourth-order valence-electron chi connectivity index (χ4n) is 1.79.